The van der Waals surface area contributed by atoms with Crippen molar-refractivity contribution in [3.63, 3.8) is 0 Å². The van der Waals surface area contributed by atoms with Gasteiger partial charge in [0, 0.05) is 24.3 Å². The maximum absolute atomic E-state index is 4.66. The number of nitrogens with zero attached hydrogens (tertiary/aromatic N) is 2. The molecule has 0 saturated heterocycles. The van der Waals surface area contributed by atoms with E-state index in [0.29, 0.717) is 0 Å². The first-order valence-electron chi connectivity index (χ1n) is 6.32. The molecule has 0 fully saturated rings. The van der Waals surface area contributed by atoms with E-state index in [1.54, 1.807) is 6.20 Å². The zero-order chi connectivity index (χ0) is 13.1. The fourth-order valence-corrected chi connectivity index (χ4v) is 2.09. The Hall–Kier alpha value is -2.42. The van der Waals surface area contributed by atoms with Crippen LogP contribution in [0.2, 0.25) is 0 Å². The van der Waals surface area contributed by atoms with Crippen molar-refractivity contribution in [2.45, 2.75) is 13.5 Å². The van der Waals surface area contributed by atoms with Crippen LogP contribution < -0.4 is 5.32 Å². The van der Waals surface area contributed by atoms with Gasteiger partial charge < -0.3 is 5.32 Å². The number of para-hydroxylation sites is 1. The minimum Gasteiger partial charge on any atom is -0.366 e. The summed E-state index contributed by atoms with van der Waals surface area (Å²) in [5, 5.41) is 4.54. The van der Waals surface area contributed by atoms with Gasteiger partial charge in [-0.05, 0) is 36.2 Å². The highest BCUT2D eigenvalue weighted by Crippen LogP contribution is 2.19. The Bertz CT molecular complexity index is 693. The molecule has 2 aromatic heterocycles. The fourth-order valence-electron chi connectivity index (χ4n) is 2.09. The average Bonchev–Trinajstić information content (AvgIpc) is 2.46. The predicted octanol–water partition coefficient (Wildman–Crippen LogP) is 3.55. The number of aromatic nitrogens is 2. The number of hydrogen-bond acceptors (Lipinski definition) is 3. The number of anilines is 1. The van der Waals surface area contributed by atoms with Gasteiger partial charge in [0.2, 0.25) is 0 Å². The highest BCUT2D eigenvalue weighted by atomic mass is 15.0. The van der Waals surface area contributed by atoms with Gasteiger partial charge in [0.05, 0.1) is 5.52 Å². The molecule has 0 radical (unpaired) electrons. The van der Waals surface area contributed by atoms with Crippen LogP contribution in [-0.4, -0.2) is 9.97 Å². The first-order chi connectivity index (χ1) is 9.33. The molecule has 1 aromatic carbocycles. The van der Waals surface area contributed by atoms with Gasteiger partial charge in [-0.2, -0.15) is 0 Å². The zero-order valence-corrected chi connectivity index (χ0v) is 10.8. The minimum absolute atomic E-state index is 0.736. The van der Waals surface area contributed by atoms with Gasteiger partial charge in [0.1, 0.15) is 5.82 Å². The van der Waals surface area contributed by atoms with E-state index in [1.807, 2.05) is 30.5 Å². The second-order valence-electron chi connectivity index (χ2n) is 4.56. The number of fused-ring (bicyclic) bond motifs is 1. The molecular weight excluding hydrogens is 234 g/mol. The van der Waals surface area contributed by atoms with Crippen LogP contribution in [0.25, 0.3) is 10.9 Å². The molecule has 2 heterocycles. The van der Waals surface area contributed by atoms with E-state index < -0.39 is 0 Å². The van der Waals surface area contributed by atoms with E-state index in [4.69, 9.17) is 0 Å². The van der Waals surface area contributed by atoms with Gasteiger partial charge in [-0.3, -0.25) is 4.98 Å². The van der Waals surface area contributed by atoms with Crippen molar-refractivity contribution in [2.24, 2.45) is 0 Å². The number of rotatable bonds is 3. The molecule has 0 aliphatic heterocycles. The normalized spacial score (nSPS) is 10.6. The molecule has 0 atom stereocenters. The Labute approximate surface area is 112 Å². The monoisotopic (exact) mass is 249 g/mol. The summed E-state index contributed by atoms with van der Waals surface area (Å²) in [6, 6.07) is 14.3. The van der Waals surface area contributed by atoms with E-state index in [2.05, 4.69) is 40.4 Å². The van der Waals surface area contributed by atoms with E-state index in [1.165, 1.54) is 5.39 Å². The van der Waals surface area contributed by atoms with Gasteiger partial charge in [-0.15, -0.1) is 0 Å². The van der Waals surface area contributed by atoms with Crippen LogP contribution in [0, 0.1) is 6.92 Å². The number of pyridine rings is 2. The third-order valence-electron chi connectivity index (χ3n) is 3.10. The van der Waals surface area contributed by atoms with Crippen molar-refractivity contribution in [3.05, 3.63) is 66.0 Å². The number of nitrogens with one attached hydrogen (secondary N) is 1. The molecule has 0 unspecified atom stereocenters. The maximum atomic E-state index is 4.66. The summed E-state index contributed by atoms with van der Waals surface area (Å²) in [6.45, 7) is 2.81. The molecule has 1 N–H and O–H groups in total. The lowest BCUT2D eigenvalue weighted by atomic mass is 10.1. The molecule has 0 aliphatic carbocycles. The SMILES string of the molecule is Cc1cc2ccccc2nc1NCc1cccnc1. The lowest BCUT2D eigenvalue weighted by molar-refractivity contribution is 1.08. The van der Waals surface area contributed by atoms with Gasteiger partial charge in [0.15, 0.2) is 0 Å². The van der Waals surface area contributed by atoms with E-state index >= 15 is 0 Å². The Kier molecular flexibility index (Phi) is 3.11. The topological polar surface area (TPSA) is 37.8 Å². The predicted molar refractivity (Wildman–Crippen MR) is 78.0 cm³/mol. The number of hydrogen-bond donors (Lipinski definition) is 1. The zero-order valence-electron chi connectivity index (χ0n) is 10.8. The van der Waals surface area contributed by atoms with Crippen molar-refractivity contribution < 1.29 is 0 Å². The highest BCUT2D eigenvalue weighted by molar-refractivity contribution is 5.81. The van der Waals surface area contributed by atoms with Crippen molar-refractivity contribution in [3.8, 4) is 0 Å². The third kappa shape index (κ3) is 2.55. The molecule has 0 saturated carbocycles. The molecule has 0 spiro atoms. The fraction of sp³-hybridized carbons (Fsp3) is 0.125. The Balaban J connectivity index is 1.86. The largest absolute Gasteiger partial charge is 0.366 e. The summed E-state index contributed by atoms with van der Waals surface area (Å²) in [7, 11) is 0. The first-order valence-corrected chi connectivity index (χ1v) is 6.32. The quantitative estimate of drug-likeness (QED) is 0.771. The maximum Gasteiger partial charge on any atom is 0.129 e. The molecule has 0 amide bonds. The molecule has 94 valence electrons. The van der Waals surface area contributed by atoms with Crippen LogP contribution in [0.5, 0.6) is 0 Å². The van der Waals surface area contributed by atoms with Crippen molar-refractivity contribution in [1.82, 2.24) is 9.97 Å². The second kappa shape index (κ2) is 5.06. The van der Waals surface area contributed by atoms with Crippen molar-refractivity contribution in [1.29, 1.82) is 0 Å². The van der Waals surface area contributed by atoms with Crippen molar-refractivity contribution >= 4 is 16.7 Å². The van der Waals surface area contributed by atoms with Crippen LogP contribution in [0.1, 0.15) is 11.1 Å². The number of aryl methyl sites for hydroxylation is 1. The molecule has 3 rings (SSSR count). The van der Waals surface area contributed by atoms with Gasteiger partial charge in [-0.25, -0.2) is 4.98 Å². The van der Waals surface area contributed by atoms with Crippen LogP contribution >= 0.6 is 0 Å². The van der Waals surface area contributed by atoms with Crippen molar-refractivity contribution in [2.75, 3.05) is 5.32 Å². The second-order valence-corrected chi connectivity index (χ2v) is 4.56. The van der Waals surface area contributed by atoms with Crippen LogP contribution in [0.15, 0.2) is 54.9 Å². The standard InChI is InChI=1S/C16H15N3/c1-12-9-14-6-2-3-7-15(14)19-16(12)18-11-13-5-4-8-17-10-13/h2-10H,11H2,1H3,(H,18,19). The Morgan fingerprint density at radius 3 is 2.84 bits per heavy atom. The average molecular weight is 249 g/mol. The molecular formula is C16H15N3. The molecule has 0 aliphatic rings. The molecule has 3 aromatic rings. The van der Waals surface area contributed by atoms with Gasteiger partial charge in [0.25, 0.3) is 0 Å². The summed E-state index contributed by atoms with van der Waals surface area (Å²) in [5.41, 5.74) is 3.32. The number of benzene rings is 1. The summed E-state index contributed by atoms with van der Waals surface area (Å²) in [6.07, 6.45) is 3.65. The smallest absolute Gasteiger partial charge is 0.129 e. The van der Waals surface area contributed by atoms with Crippen LogP contribution in [0.4, 0.5) is 5.82 Å². The minimum atomic E-state index is 0.736. The molecule has 3 heteroatoms. The lowest BCUT2D eigenvalue weighted by Crippen LogP contribution is -2.03. The van der Waals surface area contributed by atoms with Crippen LogP contribution in [-0.2, 0) is 6.54 Å². The molecule has 19 heavy (non-hydrogen) atoms. The molecule has 3 nitrogen and oxygen atoms in total. The van der Waals surface area contributed by atoms with Gasteiger partial charge in [-0.1, -0.05) is 24.3 Å². The van der Waals surface area contributed by atoms with E-state index in [0.717, 1.165) is 29.0 Å². The third-order valence-corrected chi connectivity index (χ3v) is 3.10. The summed E-state index contributed by atoms with van der Waals surface area (Å²) < 4.78 is 0. The summed E-state index contributed by atoms with van der Waals surface area (Å²) >= 11 is 0. The highest BCUT2D eigenvalue weighted by Gasteiger charge is 2.02. The van der Waals surface area contributed by atoms with E-state index in [9.17, 15) is 0 Å². The van der Waals surface area contributed by atoms with Crippen LogP contribution in [0.3, 0.4) is 0 Å². The summed E-state index contributed by atoms with van der Waals surface area (Å²) in [5.74, 6) is 0.933. The first kappa shape index (κ1) is 11.7. The lowest BCUT2D eigenvalue weighted by Gasteiger charge is -2.10. The van der Waals surface area contributed by atoms with Gasteiger partial charge >= 0.3 is 0 Å². The van der Waals surface area contributed by atoms with E-state index in [-0.39, 0.29) is 0 Å². The Morgan fingerprint density at radius 1 is 1.11 bits per heavy atom. The summed E-state index contributed by atoms with van der Waals surface area (Å²) in [4.78, 5) is 8.77. The molecule has 0 bridgehead atoms. The Morgan fingerprint density at radius 2 is 2.00 bits per heavy atom.